The van der Waals surface area contributed by atoms with Gasteiger partial charge in [0.2, 0.25) is 0 Å². The minimum Gasteiger partial charge on any atom is -0.476 e. The van der Waals surface area contributed by atoms with Crippen LogP contribution in [0.25, 0.3) is 0 Å². The van der Waals surface area contributed by atoms with Crippen LogP contribution in [-0.2, 0) is 0 Å². The lowest BCUT2D eigenvalue weighted by atomic mass is 10.2. The molecular weight excluding hydrogens is 316 g/mol. The second kappa shape index (κ2) is 5.53. The van der Waals surface area contributed by atoms with Crippen molar-refractivity contribution in [3.63, 3.8) is 0 Å². The highest BCUT2D eigenvalue weighted by Crippen LogP contribution is 2.12. The van der Waals surface area contributed by atoms with Crippen molar-refractivity contribution in [3.8, 4) is 0 Å². The molecule has 1 amide bonds. The molecule has 96 valence electrons. The van der Waals surface area contributed by atoms with E-state index in [1.165, 1.54) is 30.7 Å². The van der Waals surface area contributed by atoms with E-state index in [1.807, 2.05) is 0 Å². The number of nitrogens with one attached hydrogen (secondary N) is 1. The Morgan fingerprint density at radius 2 is 1.89 bits per heavy atom. The van der Waals surface area contributed by atoms with Gasteiger partial charge in [-0.05, 0) is 28.1 Å². The monoisotopic (exact) mass is 322 g/mol. The summed E-state index contributed by atoms with van der Waals surface area (Å²) in [5.74, 6) is -1.86. The number of carboxylic acid groups (broad SMARTS) is 1. The van der Waals surface area contributed by atoms with Gasteiger partial charge in [0, 0.05) is 24.2 Å². The van der Waals surface area contributed by atoms with Crippen molar-refractivity contribution in [1.82, 2.24) is 15.0 Å². The SMILES string of the molecule is O=C(Nc1nccnc1C(=O)O)c1ccnc(Br)c1. The Kier molecular flexibility index (Phi) is 3.81. The number of hydrogen-bond acceptors (Lipinski definition) is 5. The van der Waals surface area contributed by atoms with Gasteiger partial charge in [0.05, 0.1) is 0 Å². The summed E-state index contributed by atoms with van der Waals surface area (Å²) in [7, 11) is 0. The number of rotatable bonds is 3. The van der Waals surface area contributed by atoms with Crippen LogP contribution in [0, 0.1) is 0 Å². The third-order valence-electron chi connectivity index (χ3n) is 2.12. The number of anilines is 1. The molecule has 0 aromatic carbocycles. The first-order valence-electron chi connectivity index (χ1n) is 5.05. The first-order chi connectivity index (χ1) is 9.08. The van der Waals surface area contributed by atoms with E-state index >= 15 is 0 Å². The van der Waals surface area contributed by atoms with Gasteiger partial charge in [-0.2, -0.15) is 0 Å². The Morgan fingerprint density at radius 1 is 1.16 bits per heavy atom. The van der Waals surface area contributed by atoms with Gasteiger partial charge in [-0.15, -0.1) is 0 Å². The fraction of sp³-hybridized carbons (Fsp3) is 0. The lowest BCUT2D eigenvalue weighted by Crippen LogP contribution is -2.17. The molecule has 7 nitrogen and oxygen atoms in total. The van der Waals surface area contributed by atoms with Gasteiger partial charge < -0.3 is 10.4 Å². The molecule has 0 aliphatic rings. The lowest BCUT2D eigenvalue weighted by molar-refractivity contribution is 0.0691. The van der Waals surface area contributed by atoms with Crippen LogP contribution in [0.1, 0.15) is 20.8 Å². The standard InChI is InChI=1S/C11H7BrN4O3/c12-7-5-6(1-2-13-7)10(17)16-9-8(11(18)19)14-3-4-15-9/h1-5H,(H,18,19)(H,15,16,17). The summed E-state index contributed by atoms with van der Waals surface area (Å²) in [5.41, 5.74) is 0.00726. The molecule has 0 unspecified atom stereocenters. The van der Waals surface area contributed by atoms with Gasteiger partial charge in [0.1, 0.15) is 4.60 Å². The average molecular weight is 323 g/mol. The topological polar surface area (TPSA) is 105 Å². The Hall–Kier alpha value is -2.35. The molecule has 0 aliphatic carbocycles. The van der Waals surface area contributed by atoms with Crippen molar-refractivity contribution in [2.45, 2.75) is 0 Å². The highest BCUT2D eigenvalue weighted by atomic mass is 79.9. The molecule has 0 spiro atoms. The number of aromatic carboxylic acids is 1. The van der Waals surface area contributed by atoms with Crippen LogP contribution in [-0.4, -0.2) is 31.9 Å². The van der Waals surface area contributed by atoms with E-state index in [2.05, 4.69) is 36.2 Å². The van der Waals surface area contributed by atoms with E-state index in [1.54, 1.807) is 0 Å². The summed E-state index contributed by atoms with van der Waals surface area (Å²) < 4.78 is 0.498. The summed E-state index contributed by atoms with van der Waals surface area (Å²) in [5, 5.41) is 11.3. The number of pyridine rings is 1. The number of carboxylic acids is 1. The molecule has 19 heavy (non-hydrogen) atoms. The predicted molar refractivity (Wildman–Crippen MR) is 68.9 cm³/mol. The summed E-state index contributed by atoms with van der Waals surface area (Å²) in [6, 6.07) is 3.00. The zero-order valence-electron chi connectivity index (χ0n) is 9.37. The summed E-state index contributed by atoms with van der Waals surface area (Å²) in [6.07, 6.45) is 3.99. The molecule has 8 heteroatoms. The van der Waals surface area contributed by atoms with Crippen molar-refractivity contribution < 1.29 is 14.7 Å². The number of carbonyl (C=O) groups excluding carboxylic acids is 1. The Morgan fingerprint density at radius 3 is 2.58 bits per heavy atom. The average Bonchev–Trinajstić information content (AvgIpc) is 2.39. The van der Waals surface area contributed by atoms with Gasteiger partial charge in [-0.1, -0.05) is 0 Å². The normalized spacial score (nSPS) is 9.95. The smallest absolute Gasteiger partial charge is 0.358 e. The quantitative estimate of drug-likeness (QED) is 0.831. The van der Waals surface area contributed by atoms with Gasteiger partial charge in [-0.25, -0.2) is 19.7 Å². The van der Waals surface area contributed by atoms with E-state index in [4.69, 9.17) is 5.11 Å². The number of halogens is 1. The van der Waals surface area contributed by atoms with Crippen LogP contribution in [0.3, 0.4) is 0 Å². The van der Waals surface area contributed by atoms with Crippen molar-refractivity contribution in [2.75, 3.05) is 5.32 Å². The van der Waals surface area contributed by atoms with Crippen LogP contribution in [0.2, 0.25) is 0 Å². The molecule has 2 rings (SSSR count). The van der Waals surface area contributed by atoms with E-state index in [0.717, 1.165) is 0 Å². The van der Waals surface area contributed by atoms with Crippen molar-refractivity contribution in [3.05, 3.63) is 46.6 Å². The highest BCUT2D eigenvalue weighted by molar-refractivity contribution is 9.10. The fourth-order valence-electron chi connectivity index (χ4n) is 1.31. The number of aromatic nitrogens is 3. The zero-order valence-corrected chi connectivity index (χ0v) is 11.0. The van der Waals surface area contributed by atoms with Crippen LogP contribution in [0.5, 0.6) is 0 Å². The Labute approximate surface area is 115 Å². The first kappa shape index (κ1) is 13.1. The largest absolute Gasteiger partial charge is 0.476 e. The predicted octanol–water partition coefficient (Wildman–Crippen LogP) is 1.58. The second-order valence-electron chi connectivity index (χ2n) is 3.38. The summed E-state index contributed by atoms with van der Waals surface area (Å²) >= 11 is 3.14. The molecule has 2 heterocycles. The molecule has 0 fully saturated rings. The third kappa shape index (κ3) is 3.10. The number of hydrogen-bond donors (Lipinski definition) is 2. The molecule has 0 radical (unpaired) electrons. The van der Waals surface area contributed by atoms with Crippen molar-refractivity contribution >= 4 is 33.6 Å². The minimum atomic E-state index is -1.26. The molecule has 2 aromatic heterocycles. The van der Waals surface area contributed by atoms with Crippen molar-refractivity contribution in [2.24, 2.45) is 0 Å². The van der Waals surface area contributed by atoms with Gasteiger partial charge >= 0.3 is 5.97 Å². The van der Waals surface area contributed by atoms with Crippen molar-refractivity contribution in [1.29, 1.82) is 0 Å². The van der Waals surface area contributed by atoms with Crippen LogP contribution < -0.4 is 5.32 Å². The molecule has 2 aromatic rings. The maximum absolute atomic E-state index is 11.9. The molecule has 0 atom stereocenters. The van der Waals surface area contributed by atoms with Gasteiger partial charge in [-0.3, -0.25) is 4.79 Å². The lowest BCUT2D eigenvalue weighted by Gasteiger charge is -2.06. The summed E-state index contributed by atoms with van der Waals surface area (Å²) in [6.45, 7) is 0. The first-order valence-corrected chi connectivity index (χ1v) is 5.84. The maximum Gasteiger partial charge on any atom is 0.358 e. The Bertz CT molecular complexity index is 647. The number of carbonyl (C=O) groups is 2. The molecule has 0 saturated heterocycles. The van der Waals surface area contributed by atoms with E-state index in [-0.39, 0.29) is 11.5 Å². The summed E-state index contributed by atoms with van der Waals surface area (Å²) in [4.78, 5) is 34.2. The molecular formula is C11H7BrN4O3. The zero-order chi connectivity index (χ0) is 13.8. The molecule has 2 N–H and O–H groups in total. The second-order valence-corrected chi connectivity index (χ2v) is 4.19. The minimum absolute atomic E-state index is 0.104. The maximum atomic E-state index is 11.9. The third-order valence-corrected chi connectivity index (χ3v) is 2.56. The fourth-order valence-corrected chi connectivity index (χ4v) is 1.67. The Balaban J connectivity index is 2.27. The number of nitrogens with zero attached hydrogens (tertiary/aromatic N) is 3. The molecule has 0 bridgehead atoms. The van der Waals surface area contributed by atoms with Gasteiger partial charge in [0.25, 0.3) is 5.91 Å². The van der Waals surface area contributed by atoms with E-state index in [9.17, 15) is 9.59 Å². The van der Waals surface area contributed by atoms with E-state index < -0.39 is 11.9 Å². The van der Waals surface area contributed by atoms with Crippen LogP contribution >= 0.6 is 15.9 Å². The molecule has 0 aliphatic heterocycles. The molecule has 0 saturated carbocycles. The van der Waals surface area contributed by atoms with Crippen LogP contribution in [0.4, 0.5) is 5.82 Å². The highest BCUT2D eigenvalue weighted by Gasteiger charge is 2.16. The number of amides is 1. The van der Waals surface area contributed by atoms with Gasteiger partial charge in [0.15, 0.2) is 11.5 Å². The van der Waals surface area contributed by atoms with E-state index in [0.29, 0.717) is 10.2 Å². The van der Waals surface area contributed by atoms with Crippen LogP contribution in [0.15, 0.2) is 35.3 Å².